The first-order valence-electron chi connectivity index (χ1n) is 14.8. The number of rotatable bonds is 13. The van der Waals surface area contributed by atoms with Crippen molar-refractivity contribution in [2.24, 2.45) is 0 Å². The van der Waals surface area contributed by atoms with Gasteiger partial charge >= 0.3 is 6.09 Å². The van der Waals surface area contributed by atoms with Gasteiger partial charge in [0.1, 0.15) is 29.7 Å². The van der Waals surface area contributed by atoms with Gasteiger partial charge < -0.3 is 20.1 Å². The van der Waals surface area contributed by atoms with Crippen molar-refractivity contribution in [3.8, 4) is 5.75 Å². The van der Waals surface area contributed by atoms with Crippen LogP contribution in [0.25, 0.3) is 5.70 Å². The molecule has 0 fully saturated rings. The number of benzene rings is 2. The van der Waals surface area contributed by atoms with Crippen molar-refractivity contribution >= 4 is 17.7 Å². The van der Waals surface area contributed by atoms with Crippen molar-refractivity contribution in [3.63, 3.8) is 0 Å². The number of carbonyl (C=O) groups excluding carboxylic acids is 2. The Morgan fingerprint density at radius 2 is 1.72 bits per heavy atom. The Kier molecular flexibility index (Phi) is 12.2. The standard InChI is InChI=1S/C35H39F3N4O5/c1-8-16-41(34(45)47-35(5,6)7)42-20-26(29(10-3)39-19-25-27(37)17-24(36)18-28(25)38)31(43)32(30(42)33(44)40-22(4)9-2)46-21-23-14-12-11-13-15-23/h8-15,17-18,20,22,39H,1-2,16,19,21H2,3-7H3,(H,40,44)/t22-/m0/s1. The summed E-state index contributed by atoms with van der Waals surface area (Å²) in [6.45, 7) is 14.9. The molecule has 0 aliphatic carbocycles. The minimum absolute atomic E-state index is 0.0746. The predicted molar refractivity (Wildman–Crippen MR) is 175 cm³/mol. The van der Waals surface area contributed by atoms with Gasteiger partial charge in [0.25, 0.3) is 5.91 Å². The number of nitrogens with one attached hydrogen (secondary N) is 2. The van der Waals surface area contributed by atoms with Crippen LogP contribution in [0.2, 0.25) is 0 Å². The lowest BCUT2D eigenvalue weighted by Gasteiger charge is -2.31. The first-order chi connectivity index (χ1) is 22.2. The molecule has 0 aliphatic heterocycles. The van der Waals surface area contributed by atoms with E-state index in [0.29, 0.717) is 17.7 Å². The molecular weight excluding hydrogens is 613 g/mol. The van der Waals surface area contributed by atoms with E-state index in [-0.39, 0.29) is 30.1 Å². The normalized spacial score (nSPS) is 12.1. The van der Waals surface area contributed by atoms with Gasteiger partial charge in [-0.1, -0.05) is 48.6 Å². The van der Waals surface area contributed by atoms with Crippen molar-refractivity contribution < 1.29 is 32.2 Å². The quantitative estimate of drug-likeness (QED) is 0.209. The molecule has 0 aliphatic rings. The smallest absolute Gasteiger partial charge is 0.429 e. The van der Waals surface area contributed by atoms with Gasteiger partial charge in [-0.25, -0.2) is 27.7 Å². The summed E-state index contributed by atoms with van der Waals surface area (Å²) in [6, 6.07) is 9.42. The molecule has 250 valence electrons. The molecule has 47 heavy (non-hydrogen) atoms. The van der Waals surface area contributed by atoms with Crippen LogP contribution in [0.15, 0.2) is 84.8 Å². The SMILES string of the molecule is C=CCN(C(=O)OC(C)(C)C)n1cc(C(=CC)NCc2c(F)cc(F)cc2F)c(=O)c(OCc2ccccc2)c1C(=O)N[C@@H](C)C=C. The molecule has 3 rings (SSSR count). The molecule has 0 saturated heterocycles. The maximum atomic E-state index is 14.5. The van der Waals surface area contributed by atoms with E-state index in [1.165, 1.54) is 24.4 Å². The van der Waals surface area contributed by atoms with Crippen LogP contribution in [0.1, 0.15) is 61.8 Å². The highest BCUT2D eigenvalue weighted by Gasteiger charge is 2.31. The number of carbonyl (C=O) groups is 2. The van der Waals surface area contributed by atoms with Gasteiger partial charge in [-0.15, -0.1) is 13.2 Å². The number of pyridine rings is 1. The molecule has 0 spiro atoms. The van der Waals surface area contributed by atoms with Crippen molar-refractivity contribution in [2.45, 2.75) is 59.4 Å². The van der Waals surface area contributed by atoms with Crippen LogP contribution in [0.3, 0.4) is 0 Å². The second-order valence-corrected chi connectivity index (χ2v) is 11.4. The van der Waals surface area contributed by atoms with E-state index in [1.807, 2.05) is 0 Å². The highest BCUT2D eigenvalue weighted by Crippen LogP contribution is 2.23. The molecule has 9 nitrogen and oxygen atoms in total. The molecule has 0 bridgehead atoms. The highest BCUT2D eigenvalue weighted by atomic mass is 19.1. The Hall–Kier alpha value is -5.26. The van der Waals surface area contributed by atoms with Gasteiger partial charge in [0.05, 0.1) is 12.1 Å². The van der Waals surface area contributed by atoms with Crippen molar-refractivity contribution in [3.05, 3.63) is 130 Å². The number of hydrogen-bond acceptors (Lipinski definition) is 6. The Morgan fingerprint density at radius 1 is 1.09 bits per heavy atom. The predicted octanol–water partition coefficient (Wildman–Crippen LogP) is 6.36. The van der Waals surface area contributed by atoms with E-state index < -0.39 is 64.4 Å². The topological polar surface area (TPSA) is 102 Å². The molecule has 2 amide bonds. The average molecular weight is 653 g/mol. The maximum absolute atomic E-state index is 14.5. The number of allylic oxidation sites excluding steroid dienone is 1. The van der Waals surface area contributed by atoms with Crippen LogP contribution in [0, 0.1) is 17.5 Å². The first-order valence-corrected chi connectivity index (χ1v) is 14.8. The summed E-state index contributed by atoms with van der Waals surface area (Å²) in [7, 11) is 0. The van der Waals surface area contributed by atoms with Crippen LogP contribution in [-0.4, -0.2) is 34.9 Å². The van der Waals surface area contributed by atoms with E-state index in [1.54, 1.807) is 65.0 Å². The zero-order chi connectivity index (χ0) is 34.9. The van der Waals surface area contributed by atoms with E-state index >= 15 is 0 Å². The summed E-state index contributed by atoms with van der Waals surface area (Å²) in [4.78, 5) is 41.6. The zero-order valence-electron chi connectivity index (χ0n) is 27.0. The monoisotopic (exact) mass is 652 g/mol. The van der Waals surface area contributed by atoms with Crippen LogP contribution in [-0.2, 0) is 17.9 Å². The average Bonchev–Trinajstić information content (AvgIpc) is 3.00. The molecule has 1 aromatic heterocycles. The molecule has 0 saturated carbocycles. The molecule has 1 atom stereocenters. The van der Waals surface area contributed by atoms with Gasteiger partial charge in [-0.05, 0) is 40.2 Å². The molecule has 1 heterocycles. The minimum Gasteiger partial charge on any atom is -0.482 e. The van der Waals surface area contributed by atoms with Gasteiger partial charge in [-0.2, -0.15) is 0 Å². The summed E-state index contributed by atoms with van der Waals surface area (Å²) in [5, 5.41) is 6.59. The molecule has 2 N–H and O–H groups in total. The van der Waals surface area contributed by atoms with E-state index in [4.69, 9.17) is 9.47 Å². The molecule has 0 unspecified atom stereocenters. The molecular formula is C35H39F3N4O5. The summed E-state index contributed by atoms with van der Waals surface area (Å²) in [6.07, 6.45) is 4.68. The van der Waals surface area contributed by atoms with Crippen molar-refractivity contribution in [2.75, 3.05) is 11.6 Å². The van der Waals surface area contributed by atoms with Gasteiger partial charge in [-0.3, -0.25) is 9.59 Å². The largest absolute Gasteiger partial charge is 0.482 e. The third kappa shape index (κ3) is 9.38. The fourth-order valence-electron chi connectivity index (χ4n) is 4.33. The first kappa shape index (κ1) is 36.2. The Morgan fingerprint density at radius 3 is 2.28 bits per heavy atom. The Balaban J connectivity index is 2.30. The number of amides is 2. The van der Waals surface area contributed by atoms with Crippen molar-refractivity contribution in [1.82, 2.24) is 15.3 Å². The van der Waals surface area contributed by atoms with Crippen LogP contribution in [0.4, 0.5) is 18.0 Å². The van der Waals surface area contributed by atoms with E-state index in [9.17, 15) is 27.6 Å². The van der Waals surface area contributed by atoms with Gasteiger partial charge in [0, 0.05) is 42.2 Å². The summed E-state index contributed by atoms with van der Waals surface area (Å²) in [5.74, 6) is -4.52. The van der Waals surface area contributed by atoms with E-state index in [0.717, 1.165) is 9.69 Å². The van der Waals surface area contributed by atoms with Crippen LogP contribution in [0.5, 0.6) is 5.75 Å². The second-order valence-electron chi connectivity index (χ2n) is 11.4. The number of aromatic nitrogens is 1. The molecule has 12 heteroatoms. The summed E-state index contributed by atoms with van der Waals surface area (Å²) >= 11 is 0. The van der Waals surface area contributed by atoms with Gasteiger partial charge in [0.15, 0.2) is 11.4 Å². The van der Waals surface area contributed by atoms with Crippen LogP contribution < -0.4 is 25.8 Å². The molecule has 0 radical (unpaired) electrons. The molecule has 3 aromatic rings. The molecule has 2 aromatic carbocycles. The number of nitrogens with zero attached hydrogens (tertiary/aromatic N) is 2. The summed E-state index contributed by atoms with van der Waals surface area (Å²) < 4.78 is 55.3. The number of halogens is 3. The minimum atomic E-state index is -1.12. The lowest BCUT2D eigenvalue weighted by Crippen LogP contribution is -2.48. The Labute approximate surface area is 272 Å². The second kappa shape index (κ2) is 15.8. The fraction of sp³-hybridized carbons (Fsp3) is 0.286. The Bertz CT molecular complexity index is 1690. The third-order valence-corrected chi connectivity index (χ3v) is 6.61. The van der Waals surface area contributed by atoms with Gasteiger partial charge in [0.2, 0.25) is 5.43 Å². The van der Waals surface area contributed by atoms with Crippen molar-refractivity contribution in [1.29, 1.82) is 0 Å². The number of hydrogen-bond donors (Lipinski definition) is 2. The third-order valence-electron chi connectivity index (χ3n) is 6.61. The highest BCUT2D eigenvalue weighted by molar-refractivity contribution is 5.97. The lowest BCUT2D eigenvalue weighted by atomic mass is 10.1. The fourth-order valence-corrected chi connectivity index (χ4v) is 4.33. The number of ether oxygens (including phenoxy) is 2. The summed E-state index contributed by atoms with van der Waals surface area (Å²) in [5.41, 5.74) is -1.88. The van der Waals surface area contributed by atoms with E-state index in [2.05, 4.69) is 23.8 Å². The van der Waals surface area contributed by atoms with Crippen LogP contribution >= 0.6 is 0 Å². The maximum Gasteiger partial charge on any atom is 0.429 e. The lowest BCUT2D eigenvalue weighted by molar-refractivity contribution is 0.0541. The zero-order valence-corrected chi connectivity index (χ0v) is 27.0.